The Morgan fingerprint density at radius 2 is 1.56 bits per heavy atom. The van der Waals surface area contributed by atoms with E-state index in [4.69, 9.17) is 0 Å². The number of fused-ring (bicyclic) bond motifs is 2. The third kappa shape index (κ3) is 6.50. The normalized spacial score (nSPS) is 20.9. The molecule has 1 atom stereocenters. The van der Waals surface area contributed by atoms with Crippen LogP contribution in [0.5, 0.6) is 0 Å². The third-order valence-electron chi connectivity index (χ3n) is 11.8. The number of aromatic nitrogens is 2. The number of nitrogens with one attached hydrogen (secondary N) is 3. The molecule has 2 aromatic heterocycles. The van der Waals surface area contributed by atoms with Crippen LogP contribution in [0.25, 0.3) is 22.5 Å². The van der Waals surface area contributed by atoms with Crippen LogP contribution in [-0.4, -0.2) is 102 Å². The van der Waals surface area contributed by atoms with Crippen LogP contribution in [-0.2, 0) is 22.6 Å². The van der Waals surface area contributed by atoms with Gasteiger partial charge in [0.15, 0.2) is 0 Å². The van der Waals surface area contributed by atoms with E-state index in [9.17, 15) is 19.2 Å². The largest absolute Gasteiger partial charge is 0.371 e. The first-order valence-electron chi connectivity index (χ1n) is 19.0. The molecule has 0 spiro atoms. The Balaban J connectivity index is 0.784. The SMILES string of the molecule is O=C1CCC(N2Cc3cc(N4CCN(CC5CCN(c6ccc(F)c(-c7cc(-c8cc9c([nH]8)CCNC9=O)ccn7)c6)CC5)CC4)ccc3C2=O)C(=O)N1. The Bertz CT molecular complexity index is 2150. The Morgan fingerprint density at radius 3 is 2.35 bits per heavy atom. The average Bonchev–Trinajstić information content (AvgIpc) is 3.78. The highest BCUT2D eigenvalue weighted by Crippen LogP contribution is 2.34. The van der Waals surface area contributed by atoms with Gasteiger partial charge in [-0.2, -0.15) is 0 Å². The number of anilines is 2. The fourth-order valence-corrected chi connectivity index (χ4v) is 8.79. The molecule has 5 aliphatic heterocycles. The summed E-state index contributed by atoms with van der Waals surface area (Å²) in [6, 6.07) is 16.3. The molecule has 0 bridgehead atoms. The second kappa shape index (κ2) is 14.0. The second-order valence-corrected chi connectivity index (χ2v) is 15.1. The van der Waals surface area contributed by atoms with Gasteiger partial charge in [0.2, 0.25) is 11.8 Å². The number of nitrogens with zero attached hydrogens (tertiary/aromatic N) is 5. The summed E-state index contributed by atoms with van der Waals surface area (Å²) in [6.07, 6.45) is 5.17. The number of benzene rings is 2. The molecule has 54 heavy (non-hydrogen) atoms. The van der Waals surface area contributed by atoms with E-state index in [0.717, 1.165) is 99.0 Å². The molecule has 5 aliphatic rings. The summed E-state index contributed by atoms with van der Waals surface area (Å²) in [6.45, 7) is 7.58. The lowest BCUT2D eigenvalue weighted by molar-refractivity contribution is -0.136. The lowest BCUT2D eigenvalue weighted by Gasteiger charge is -2.40. The molecule has 3 saturated heterocycles. The highest BCUT2D eigenvalue weighted by molar-refractivity contribution is 6.05. The van der Waals surface area contributed by atoms with Gasteiger partial charge in [0.05, 0.1) is 11.3 Å². The number of rotatable bonds is 7. The smallest absolute Gasteiger partial charge is 0.255 e. The minimum absolute atomic E-state index is 0.0757. The highest BCUT2D eigenvalue weighted by atomic mass is 19.1. The molecule has 1 unspecified atom stereocenters. The Kier molecular flexibility index (Phi) is 8.88. The van der Waals surface area contributed by atoms with Crippen molar-refractivity contribution < 1.29 is 23.6 Å². The number of piperidine rings is 2. The van der Waals surface area contributed by atoms with Crippen molar-refractivity contribution in [2.75, 3.05) is 62.2 Å². The number of hydrogen-bond acceptors (Lipinski definition) is 8. The molecule has 3 N–H and O–H groups in total. The van der Waals surface area contributed by atoms with E-state index in [-0.39, 0.29) is 35.9 Å². The first-order valence-corrected chi connectivity index (χ1v) is 19.0. The third-order valence-corrected chi connectivity index (χ3v) is 11.8. The van der Waals surface area contributed by atoms with Crippen LogP contribution in [0.15, 0.2) is 60.8 Å². The Labute approximate surface area is 312 Å². The summed E-state index contributed by atoms with van der Waals surface area (Å²) < 4.78 is 15.3. The Hall–Kier alpha value is -5.56. The van der Waals surface area contributed by atoms with E-state index < -0.39 is 6.04 Å². The van der Waals surface area contributed by atoms with Crippen LogP contribution in [0.3, 0.4) is 0 Å². The van der Waals surface area contributed by atoms with Gasteiger partial charge in [0.1, 0.15) is 11.9 Å². The van der Waals surface area contributed by atoms with Crippen molar-refractivity contribution in [2.24, 2.45) is 5.92 Å². The first kappa shape index (κ1) is 34.2. The van der Waals surface area contributed by atoms with Crippen molar-refractivity contribution >= 4 is 35.0 Å². The van der Waals surface area contributed by atoms with E-state index in [1.807, 2.05) is 42.5 Å². The van der Waals surface area contributed by atoms with Crippen molar-refractivity contribution in [1.82, 2.24) is 30.4 Å². The zero-order valence-electron chi connectivity index (χ0n) is 30.1. The highest BCUT2D eigenvalue weighted by Gasteiger charge is 2.39. The van der Waals surface area contributed by atoms with Crippen molar-refractivity contribution in [2.45, 2.75) is 44.7 Å². The van der Waals surface area contributed by atoms with Gasteiger partial charge < -0.3 is 25.0 Å². The maximum absolute atomic E-state index is 15.3. The lowest BCUT2D eigenvalue weighted by atomic mass is 9.95. The number of aromatic amines is 1. The van der Waals surface area contributed by atoms with Crippen LogP contribution in [0.1, 0.15) is 57.7 Å². The van der Waals surface area contributed by atoms with Gasteiger partial charge in [-0.15, -0.1) is 0 Å². The van der Waals surface area contributed by atoms with Crippen LogP contribution in [0.2, 0.25) is 0 Å². The number of pyridine rings is 1. The maximum atomic E-state index is 15.3. The van der Waals surface area contributed by atoms with Crippen molar-refractivity contribution in [3.63, 3.8) is 0 Å². The van der Waals surface area contributed by atoms with Gasteiger partial charge in [0.25, 0.3) is 11.8 Å². The minimum atomic E-state index is -0.607. The number of piperazine rings is 1. The predicted molar refractivity (Wildman–Crippen MR) is 202 cm³/mol. The van der Waals surface area contributed by atoms with Gasteiger partial charge in [-0.05, 0) is 85.3 Å². The number of carbonyl (C=O) groups excluding carboxylic acids is 4. The van der Waals surface area contributed by atoms with Gasteiger partial charge in [0, 0.05) is 117 Å². The molecule has 13 heteroatoms. The number of carbonyl (C=O) groups is 4. The number of H-pyrrole nitrogens is 1. The molecule has 278 valence electrons. The zero-order valence-corrected chi connectivity index (χ0v) is 30.1. The summed E-state index contributed by atoms with van der Waals surface area (Å²) in [5, 5.41) is 5.25. The second-order valence-electron chi connectivity index (χ2n) is 15.1. The molecule has 0 saturated carbocycles. The molecular formula is C41H43FN8O4. The molecule has 9 rings (SSSR count). The number of halogens is 1. The lowest BCUT2D eigenvalue weighted by Crippen LogP contribution is -2.52. The summed E-state index contributed by atoms with van der Waals surface area (Å²) in [5.41, 5.74) is 7.93. The number of hydrogen-bond donors (Lipinski definition) is 3. The van der Waals surface area contributed by atoms with E-state index in [1.165, 1.54) is 6.07 Å². The van der Waals surface area contributed by atoms with Crippen molar-refractivity contribution in [1.29, 1.82) is 0 Å². The number of imide groups is 1. The monoisotopic (exact) mass is 730 g/mol. The molecule has 3 fully saturated rings. The zero-order chi connectivity index (χ0) is 36.9. The molecule has 0 aliphatic carbocycles. The first-order chi connectivity index (χ1) is 26.3. The minimum Gasteiger partial charge on any atom is -0.371 e. The maximum Gasteiger partial charge on any atom is 0.255 e. The predicted octanol–water partition coefficient (Wildman–Crippen LogP) is 3.97. The summed E-state index contributed by atoms with van der Waals surface area (Å²) in [4.78, 5) is 66.3. The van der Waals surface area contributed by atoms with E-state index in [0.29, 0.717) is 47.8 Å². The van der Waals surface area contributed by atoms with E-state index in [1.54, 1.807) is 11.1 Å². The van der Waals surface area contributed by atoms with E-state index >= 15 is 4.39 Å². The summed E-state index contributed by atoms with van der Waals surface area (Å²) >= 11 is 0. The molecule has 0 radical (unpaired) electrons. The van der Waals surface area contributed by atoms with Gasteiger partial charge in [-0.1, -0.05) is 0 Å². The fourth-order valence-electron chi connectivity index (χ4n) is 8.79. The van der Waals surface area contributed by atoms with Crippen molar-refractivity contribution in [3.05, 3.63) is 89.0 Å². The van der Waals surface area contributed by atoms with Crippen LogP contribution >= 0.6 is 0 Å². The quantitative estimate of drug-likeness (QED) is 0.244. The summed E-state index contributed by atoms with van der Waals surface area (Å²) in [5.74, 6) is -0.621. The van der Waals surface area contributed by atoms with Crippen LogP contribution in [0.4, 0.5) is 15.8 Å². The Morgan fingerprint density at radius 1 is 0.778 bits per heavy atom. The van der Waals surface area contributed by atoms with Crippen LogP contribution in [0, 0.1) is 11.7 Å². The van der Waals surface area contributed by atoms with Crippen LogP contribution < -0.4 is 20.4 Å². The topological polar surface area (TPSA) is 134 Å². The molecular weight excluding hydrogens is 688 g/mol. The molecule has 12 nitrogen and oxygen atoms in total. The number of amides is 4. The van der Waals surface area contributed by atoms with Gasteiger partial charge >= 0.3 is 0 Å². The standard InChI is InChI=1S/C41H43FN8O4/c42-33-4-2-29(21-31(33)36-20-26(7-11-43-36)35-22-32-34(45-35)8-12-44-39(32)52)48-13-9-25(10-14-48)23-47-15-17-49(18-16-47)28-1-3-30-27(19-28)24-50(41(30)54)37-5-6-38(51)46-40(37)53/h1-4,7,11,19-22,25,37,45H,5-6,8-10,12-18,23-24H2,(H,44,52)(H,46,51,53). The van der Waals surface area contributed by atoms with Crippen molar-refractivity contribution in [3.8, 4) is 22.5 Å². The molecule has 4 amide bonds. The molecule has 2 aromatic carbocycles. The molecule has 4 aromatic rings. The van der Waals surface area contributed by atoms with Gasteiger partial charge in [-0.25, -0.2) is 4.39 Å². The van der Waals surface area contributed by atoms with E-state index in [2.05, 4.69) is 41.4 Å². The molecule has 7 heterocycles. The van der Waals surface area contributed by atoms with Gasteiger partial charge in [-0.3, -0.25) is 34.4 Å². The summed E-state index contributed by atoms with van der Waals surface area (Å²) in [7, 11) is 0. The fraction of sp³-hybridized carbons (Fsp3) is 0.390. The average molecular weight is 731 g/mol.